The first-order valence-electron chi connectivity index (χ1n) is 17.8. The SMILES string of the molecule is c1ccc(-c2cc(-c3cc(-c4ccc5c6c(cccc46)-c4ccccc4-5)cc(-c4ccnc5c4oc4ccccc45)c3)nc(-c3ccccc3)n2)cc1. The Kier molecular flexibility index (Phi) is 6.52. The predicted molar refractivity (Wildman–Crippen MR) is 216 cm³/mol. The number of hydrogen-bond donors (Lipinski definition) is 0. The molecule has 0 saturated heterocycles. The summed E-state index contributed by atoms with van der Waals surface area (Å²) in [6.07, 6.45) is 1.88. The van der Waals surface area contributed by atoms with Gasteiger partial charge in [0.15, 0.2) is 11.4 Å². The Morgan fingerprint density at radius 2 is 0.962 bits per heavy atom. The van der Waals surface area contributed by atoms with Crippen molar-refractivity contribution < 1.29 is 4.42 Å². The van der Waals surface area contributed by atoms with E-state index in [0.717, 1.165) is 72.4 Å². The Hall–Kier alpha value is -7.17. The van der Waals surface area contributed by atoms with Crippen LogP contribution in [-0.2, 0) is 0 Å². The molecule has 4 nitrogen and oxygen atoms in total. The maximum absolute atomic E-state index is 6.54. The molecule has 1 aliphatic carbocycles. The molecule has 7 aromatic carbocycles. The highest BCUT2D eigenvalue weighted by atomic mass is 16.3. The van der Waals surface area contributed by atoms with E-state index in [1.165, 1.54) is 33.0 Å². The van der Waals surface area contributed by atoms with Gasteiger partial charge in [0.25, 0.3) is 0 Å². The van der Waals surface area contributed by atoms with Crippen LogP contribution in [0, 0.1) is 0 Å². The number of furan rings is 1. The Bertz CT molecular complexity index is 2970. The highest BCUT2D eigenvalue weighted by Gasteiger charge is 2.23. The standard InChI is InChI=1S/C49H29N3O/c1-3-12-30(13-4-1)43-29-44(52-49(51-43)31-14-5-2-6-15-31)34-27-32(26-33(28-34)36-24-25-50-47-42-18-9-10-21-45(42)53-48(36)47)35-22-23-41-38-17-8-7-16-37(38)40-20-11-19-39(35)46(40)41/h1-29H. The van der Waals surface area contributed by atoms with Gasteiger partial charge in [0, 0.05) is 33.8 Å². The van der Waals surface area contributed by atoms with E-state index in [-0.39, 0.29) is 0 Å². The summed E-state index contributed by atoms with van der Waals surface area (Å²) < 4.78 is 6.54. The molecule has 10 aromatic rings. The average Bonchev–Trinajstić information content (AvgIpc) is 3.78. The molecule has 0 N–H and O–H groups in total. The van der Waals surface area contributed by atoms with Gasteiger partial charge in [-0.3, -0.25) is 4.98 Å². The van der Waals surface area contributed by atoms with Gasteiger partial charge >= 0.3 is 0 Å². The third kappa shape index (κ3) is 4.73. The monoisotopic (exact) mass is 675 g/mol. The van der Waals surface area contributed by atoms with E-state index in [0.29, 0.717) is 5.82 Å². The second-order valence-electron chi connectivity index (χ2n) is 13.6. The molecule has 11 rings (SSSR count). The van der Waals surface area contributed by atoms with Crippen LogP contribution in [0.5, 0.6) is 0 Å². The van der Waals surface area contributed by atoms with Crippen LogP contribution >= 0.6 is 0 Å². The van der Waals surface area contributed by atoms with Crippen LogP contribution in [-0.4, -0.2) is 15.0 Å². The topological polar surface area (TPSA) is 51.8 Å². The number of aromatic nitrogens is 3. The Morgan fingerprint density at radius 1 is 0.377 bits per heavy atom. The molecule has 246 valence electrons. The fourth-order valence-electron chi connectivity index (χ4n) is 8.05. The van der Waals surface area contributed by atoms with Gasteiger partial charge in [-0.2, -0.15) is 0 Å². The van der Waals surface area contributed by atoms with Gasteiger partial charge in [-0.1, -0.05) is 127 Å². The molecule has 0 fully saturated rings. The van der Waals surface area contributed by atoms with Crippen LogP contribution < -0.4 is 0 Å². The molecule has 0 saturated carbocycles. The van der Waals surface area contributed by atoms with E-state index in [4.69, 9.17) is 19.4 Å². The van der Waals surface area contributed by atoms with Crippen molar-refractivity contribution in [2.45, 2.75) is 0 Å². The van der Waals surface area contributed by atoms with Crippen molar-refractivity contribution in [2.24, 2.45) is 0 Å². The van der Waals surface area contributed by atoms with Crippen LogP contribution in [0.2, 0.25) is 0 Å². The zero-order chi connectivity index (χ0) is 34.9. The van der Waals surface area contributed by atoms with Crippen molar-refractivity contribution in [3.8, 4) is 78.4 Å². The summed E-state index contributed by atoms with van der Waals surface area (Å²) in [4.78, 5) is 15.1. The maximum Gasteiger partial charge on any atom is 0.161 e. The van der Waals surface area contributed by atoms with Gasteiger partial charge in [0.1, 0.15) is 11.1 Å². The lowest BCUT2D eigenvalue weighted by molar-refractivity contribution is 0.669. The summed E-state index contributed by atoms with van der Waals surface area (Å²) >= 11 is 0. The van der Waals surface area contributed by atoms with Crippen molar-refractivity contribution in [1.29, 1.82) is 0 Å². The van der Waals surface area contributed by atoms with E-state index in [1.807, 2.05) is 60.8 Å². The van der Waals surface area contributed by atoms with Crippen LogP contribution in [0.1, 0.15) is 0 Å². The Morgan fingerprint density at radius 3 is 1.75 bits per heavy atom. The first-order valence-corrected chi connectivity index (χ1v) is 17.8. The lowest BCUT2D eigenvalue weighted by Gasteiger charge is -2.15. The molecule has 3 heterocycles. The average molecular weight is 676 g/mol. The van der Waals surface area contributed by atoms with Crippen molar-refractivity contribution in [3.63, 3.8) is 0 Å². The summed E-state index contributed by atoms with van der Waals surface area (Å²) in [5, 5.41) is 3.52. The number of nitrogens with zero attached hydrogens (tertiary/aromatic N) is 3. The number of pyridine rings is 1. The zero-order valence-corrected chi connectivity index (χ0v) is 28.5. The first kappa shape index (κ1) is 29.5. The van der Waals surface area contributed by atoms with Crippen LogP contribution in [0.3, 0.4) is 0 Å². The van der Waals surface area contributed by atoms with Gasteiger partial charge in [-0.25, -0.2) is 9.97 Å². The molecule has 0 spiro atoms. The van der Waals surface area contributed by atoms with Crippen LogP contribution in [0.15, 0.2) is 180 Å². The van der Waals surface area contributed by atoms with Crippen LogP contribution in [0.25, 0.3) is 111 Å². The number of fused-ring (bicyclic) bond motifs is 6. The summed E-state index contributed by atoms with van der Waals surface area (Å²) in [5.74, 6) is 0.681. The number of hydrogen-bond acceptors (Lipinski definition) is 4. The van der Waals surface area contributed by atoms with Crippen molar-refractivity contribution in [3.05, 3.63) is 176 Å². The molecule has 0 atom stereocenters. The van der Waals surface area contributed by atoms with Crippen LogP contribution in [0.4, 0.5) is 0 Å². The van der Waals surface area contributed by atoms with E-state index in [9.17, 15) is 0 Å². The van der Waals surface area contributed by atoms with Crippen molar-refractivity contribution in [1.82, 2.24) is 15.0 Å². The molecular formula is C49H29N3O. The largest absolute Gasteiger partial charge is 0.454 e. The smallest absolute Gasteiger partial charge is 0.161 e. The Balaban J connectivity index is 1.19. The number of para-hydroxylation sites is 1. The third-order valence-corrected chi connectivity index (χ3v) is 10.5. The second-order valence-corrected chi connectivity index (χ2v) is 13.6. The molecule has 1 aliphatic rings. The molecule has 53 heavy (non-hydrogen) atoms. The molecule has 3 aromatic heterocycles. The minimum atomic E-state index is 0.681. The van der Waals surface area contributed by atoms with Crippen molar-refractivity contribution >= 4 is 32.8 Å². The number of benzene rings is 7. The van der Waals surface area contributed by atoms with Gasteiger partial charge in [0.05, 0.1) is 11.4 Å². The summed E-state index contributed by atoms with van der Waals surface area (Å²) in [6.45, 7) is 0. The molecule has 0 bridgehead atoms. The van der Waals surface area contributed by atoms with E-state index in [1.54, 1.807) is 0 Å². The molecule has 0 radical (unpaired) electrons. The molecule has 0 amide bonds. The number of rotatable bonds is 5. The van der Waals surface area contributed by atoms with Crippen molar-refractivity contribution in [2.75, 3.05) is 0 Å². The fourth-order valence-corrected chi connectivity index (χ4v) is 8.05. The quantitative estimate of drug-likeness (QED) is 0.182. The molecular weight excluding hydrogens is 647 g/mol. The fraction of sp³-hybridized carbons (Fsp3) is 0. The molecule has 0 aliphatic heterocycles. The third-order valence-electron chi connectivity index (χ3n) is 10.5. The summed E-state index contributed by atoms with van der Waals surface area (Å²) in [6, 6.07) is 59.6. The lowest BCUT2D eigenvalue weighted by atomic mass is 9.90. The minimum Gasteiger partial charge on any atom is -0.454 e. The normalized spacial score (nSPS) is 11.8. The zero-order valence-electron chi connectivity index (χ0n) is 28.5. The molecule has 0 unspecified atom stereocenters. The summed E-state index contributed by atoms with van der Waals surface area (Å²) in [7, 11) is 0. The van der Waals surface area contributed by atoms with E-state index < -0.39 is 0 Å². The second kappa shape index (κ2) is 11.7. The van der Waals surface area contributed by atoms with E-state index in [2.05, 4.69) is 115 Å². The molecule has 4 heteroatoms. The van der Waals surface area contributed by atoms with Gasteiger partial charge in [-0.05, 0) is 92.2 Å². The maximum atomic E-state index is 6.54. The Labute approximate surface area is 305 Å². The first-order chi connectivity index (χ1) is 26.3. The van der Waals surface area contributed by atoms with Gasteiger partial charge in [-0.15, -0.1) is 0 Å². The minimum absolute atomic E-state index is 0.681. The predicted octanol–water partition coefficient (Wildman–Crippen LogP) is 12.9. The lowest BCUT2D eigenvalue weighted by Crippen LogP contribution is -1.96. The highest BCUT2D eigenvalue weighted by Crippen LogP contribution is 2.50. The van der Waals surface area contributed by atoms with Gasteiger partial charge < -0.3 is 4.42 Å². The van der Waals surface area contributed by atoms with Gasteiger partial charge in [0.2, 0.25) is 0 Å². The highest BCUT2D eigenvalue weighted by molar-refractivity contribution is 6.19. The summed E-state index contributed by atoms with van der Waals surface area (Å²) in [5.41, 5.74) is 16.5. The van der Waals surface area contributed by atoms with E-state index >= 15 is 0 Å².